The quantitative estimate of drug-likeness (QED) is 0.622. The Bertz CT molecular complexity index is 599. The van der Waals surface area contributed by atoms with E-state index < -0.39 is 6.10 Å². The fourth-order valence-electron chi connectivity index (χ4n) is 2.19. The van der Waals surface area contributed by atoms with Crippen LogP contribution in [0.4, 0.5) is 5.82 Å². The van der Waals surface area contributed by atoms with Gasteiger partial charge in [-0.3, -0.25) is 4.57 Å². The summed E-state index contributed by atoms with van der Waals surface area (Å²) in [6, 6.07) is 0. The Kier molecular flexibility index (Phi) is 8.24. The average molecular weight is 400 g/mol. The Morgan fingerprint density at radius 3 is 2.91 bits per heavy atom. The summed E-state index contributed by atoms with van der Waals surface area (Å²) in [5.41, 5.74) is 8.61. The molecule has 4 atom stereocenters. The normalized spacial score (nSPS) is 23.7. The van der Waals surface area contributed by atoms with Crippen LogP contribution >= 0.6 is 9.47 Å². The molecule has 3 rings (SSSR count). The van der Waals surface area contributed by atoms with Gasteiger partial charge in [0, 0.05) is 54.9 Å². The summed E-state index contributed by atoms with van der Waals surface area (Å²) in [5.74, 6) is 0.0761. The predicted octanol–water partition coefficient (Wildman–Crippen LogP) is 1.80. The molecular formula is C12H18N5O3PY-2. The summed E-state index contributed by atoms with van der Waals surface area (Å²) in [5, 5.41) is 9.90. The molecule has 1 radical (unpaired) electrons. The number of imidazole rings is 1. The smallest absolute Gasteiger partial charge is 0.161 e. The molecular weight excluding hydrogens is 382 g/mol. The van der Waals surface area contributed by atoms with Crippen molar-refractivity contribution < 1.29 is 47.1 Å². The van der Waals surface area contributed by atoms with E-state index in [9.17, 15) is 5.11 Å². The second-order valence-electron chi connectivity index (χ2n) is 4.31. The van der Waals surface area contributed by atoms with Crippen LogP contribution in [0.2, 0.25) is 0 Å². The van der Waals surface area contributed by atoms with Gasteiger partial charge < -0.3 is 32.0 Å². The SMILES string of the molecule is [CH2-]C.[NH-]c1ncnc2c1ncn2[C@H]1C[C@@H](O)[C@@H](COP)O1.[Y]. The topological polar surface area (TPSA) is 106 Å². The molecule has 1 aliphatic rings. The minimum Gasteiger partial charge on any atom is -0.480 e. The van der Waals surface area contributed by atoms with E-state index >= 15 is 0 Å². The first-order valence-corrected chi connectivity index (χ1v) is 6.93. The molecule has 0 spiro atoms. The number of hydrogen-bond donors (Lipinski definition) is 1. The van der Waals surface area contributed by atoms with Crippen molar-refractivity contribution in [1.29, 1.82) is 0 Å². The van der Waals surface area contributed by atoms with Crippen LogP contribution in [0.15, 0.2) is 12.7 Å². The Balaban J connectivity index is 0.000000775. The molecule has 0 aliphatic carbocycles. The molecule has 0 amide bonds. The van der Waals surface area contributed by atoms with Gasteiger partial charge in [0.15, 0.2) is 5.65 Å². The van der Waals surface area contributed by atoms with Crippen molar-refractivity contribution in [1.82, 2.24) is 19.5 Å². The third kappa shape index (κ3) is 3.99. The van der Waals surface area contributed by atoms with Crippen LogP contribution in [0.5, 0.6) is 0 Å². The number of hydrogen-bond acceptors (Lipinski definition) is 6. The molecule has 119 valence electrons. The second kappa shape index (κ2) is 9.16. The molecule has 2 aromatic rings. The number of nitrogens with one attached hydrogen (secondary N) is 1. The van der Waals surface area contributed by atoms with Crippen molar-refractivity contribution in [3.05, 3.63) is 25.3 Å². The molecule has 0 bridgehead atoms. The number of aliphatic hydroxyl groups excluding tert-OH is 1. The third-order valence-electron chi connectivity index (χ3n) is 3.13. The standard InChI is InChI=1S/C10H13N5O3P.C2H5.Y/c11-9-8-10(13-3-12-9)15(4-14-8)7-1-5(16)6(18-7)2-17-19;1-2;/h3-7,16H,1-2,19H2,(H-,11,12,13);1H2,2H3;/q2*-1;/t5-,6-,7-;;/m1../s1. The van der Waals surface area contributed by atoms with Gasteiger partial charge in [-0.2, -0.15) is 6.92 Å². The van der Waals surface area contributed by atoms with Crippen LogP contribution < -0.4 is 0 Å². The molecule has 2 N–H and O–H groups in total. The number of aliphatic hydroxyl groups is 1. The summed E-state index contributed by atoms with van der Waals surface area (Å²) in [6.45, 7) is 5.30. The van der Waals surface area contributed by atoms with E-state index in [1.54, 1.807) is 17.8 Å². The number of fused-ring (bicyclic) bond motifs is 1. The summed E-state index contributed by atoms with van der Waals surface area (Å²) in [6.07, 6.45) is 1.97. The molecule has 3 heterocycles. The molecule has 1 saturated heterocycles. The van der Waals surface area contributed by atoms with Crippen LogP contribution in [-0.4, -0.2) is 43.4 Å². The summed E-state index contributed by atoms with van der Waals surface area (Å²) in [4.78, 5) is 12.0. The van der Waals surface area contributed by atoms with Gasteiger partial charge in [-0.15, -0.1) is 0 Å². The maximum absolute atomic E-state index is 9.90. The van der Waals surface area contributed by atoms with E-state index in [1.165, 1.54) is 6.33 Å². The second-order valence-corrected chi connectivity index (χ2v) is 4.65. The molecule has 0 saturated carbocycles. The van der Waals surface area contributed by atoms with Crippen molar-refractivity contribution in [2.45, 2.75) is 31.8 Å². The zero-order valence-electron chi connectivity index (χ0n) is 12.2. The molecule has 22 heavy (non-hydrogen) atoms. The van der Waals surface area contributed by atoms with Gasteiger partial charge >= 0.3 is 0 Å². The molecule has 10 heteroatoms. The zero-order chi connectivity index (χ0) is 15.4. The summed E-state index contributed by atoms with van der Waals surface area (Å²) >= 11 is 0. The van der Waals surface area contributed by atoms with E-state index in [0.29, 0.717) is 24.2 Å². The van der Waals surface area contributed by atoms with Crippen LogP contribution in [0, 0.1) is 6.92 Å². The van der Waals surface area contributed by atoms with Crippen molar-refractivity contribution in [3.63, 3.8) is 0 Å². The largest absolute Gasteiger partial charge is 0.480 e. The van der Waals surface area contributed by atoms with Crippen LogP contribution in [0.1, 0.15) is 19.6 Å². The van der Waals surface area contributed by atoms with Crippen LogP contribution in [0.25, 0.3) is 16.9 Å². The first-order chi connectivity index (χ1) is 10.2. The van der Waals surface area contributed by atoms with E-state index in [0.717, 1.165) is 0 Å². The number of rotatable bonds is 3. The van der Waals surface area contributed by atoms with Gasteiger partial charge in [0.25, 0.3) is 0 Å². The van der Waals surface area contributed by atoms with Gasteiger partial charge in [-0.05, 0) is 5.82 Å². The van der Waals surface area contributed by atoms with Crippen LogP contribution in [0.3, 0.4) is 0 Å². The van der Waals surface area contributed by atoms with Gasteiger partial charge in [-0.1, -0.05) is 0 Å². The van der Waals surface area contributed by atoms with E-state index in [2.05, 4.69) is 31.3 Å². The maximum Gasteiger partial charge on any atom is 0.161 e. The minimum atomic E-state index is -0.597. The van der Waals surface area contributed by atoms with E-state index in [4.69, 9.17) is 15.0 Å². The molecule has 2 aromatic heterocycles. The number of nitrogens with zero attached hydrogens (tertiary/aromatic N) is 4. The van der Waals surface area contributed by atoms with Crippen molar-refractivity contribution in [2.75, 3.05) is 6.61 Å². The monoisotopic (exact) mass is 400 g/mol. The van der Waals surface area contributed by atoms with Crippen molar-refractivity contribution >= 4 is 26.4 Å². The molecule has 1 unspecified atom stereocenters. The Hall–Kier alpha value is -0.236. The molecule has 1 aliphatic heterocycles. The minimum absolute atomic E-state index is 0. The maximum atomic E-state index is 9.90. The van der Waals surface area contributed by atoms with E-state index in [-0.39, 0.29) is 50.9 Å². The Morgan fingerprint density at radius 1 is 1.50 bits per heavy atom. The Labute approximate surface area is 156 Å². The number of aromatic nitrogens is 4. The van der Waals surface area contributed by atoms with Crippen LogP contribution in [-0.2, 0) is 42.0 Å². The summed E-state index contributed by atoms with van der Waals surface area (Å²) in [7, 11) is 2.14. The Morgan fingerprint density at radius 2 is 2.23 bits per heavy atom. The molecule has 8 nitrogen and oxygen atoms in total. The fourth-order valence-corrected chi connectivity index (χ4v) is 2.38. The fraction of sp³-hybridized carbons (Fsp3) is 0.500. The first kappa shape index (κ1) is 19.8. The molecule has 0 aromatic carbocycles. The number of ether oxygens (including phenoxy) is 1. The van der Waals surface area contributed by atoms with Gasteiger partial charge in [-0.25, -0.2) is 9.97 Å². The summed E-state index contributed by atoms with van der Waals surface area (Å²) < 4.78 is 12.3. The van der Waals surface area contributed by atoms with Crippen molar-refractivity contribution in [2.24, 2.45) is 0 Å². The average Bonchev–Trinajstić information content (AvgIpc) is 3.07. The zero-order valence-corrected chi connectivity index (χ0v) is 16.2. The van der Waals surface area contributed by atoms with E-state index in [1.807, 2.05) is 0 Å². The van der Waals surface area contributed by atoms with Gasteiger partial charge in [0.1, 0.15) is 17.8 Å². The molecule has 1 fully saturated rings. The predicted molar refractivity (Wildman–Crippen MR) is 80.5 cm³/mol. The van der Waals surface area contributed by atoms with Gasteiger partial charge in [0.05, 0.1) is 19.0 Å². The van der Waals surface area contributed by atoms with Gasteiger partial charge in [0.2, 0.25) is 0 Å². The van der Waals surface area contributed by atoms with Crippen molar-refractivity contribution in [3.8, 4) is 0 Å². The third-order valence-corrected chi connectivity index (χ3v) is 3.33. The first-order valence-electron chi connectivity index (χ1n) is 6.45.